The number of nitrogens with one attached hydrogen (secondary N) is 1. The molecule has 0 unspecified atom stereocenters. The summed E-state index contributed by atoms with van der Waals surface area (Å²) in [6, 6.07) is 1.69. The molecule has 0 aliphatic heterocycles. The number of rotatable bonds is 4. The molecular weight excluding hydrogens is 206 g/mol. The second kappa shape index (κ2) is 5.99. The van der Waals surface area contributed by atoms with Gasteiger partial charge >= 0.3 is 5.97 Å². The van der Waals surface area contributed by atoms with Crippen molar-refractivity contribution in [3.05, 3.63) is 23.2 Å². The molecule has 1 rings (SSSR count). The topological polar surface area (TPSA) is 51.5 Å². The Morgan fingerprint density at radius 2 is 2.38 bits per heavy atom. The van der Waals surface area contributed by atoms with Gasteiger partial charge in [-0.05, 0) is 19.9 Å². The predicted octanol–water partition coefficient (Wildman–Crippen LogP) is 1.49. The summed E-state index contributed by atoms with van der Waals surface area (Å²) in [5.41, 5.74) is 0.473. The first-order valence-electron chi connectivity index (χ1n) is 4.97. The third kappa shape index (κ3) is 3.14. The molecule has 0 radical (unpaired) electrons. The molecule has 0 amide bonds. The van der Waals surface area contributed by atoms with Gasteiger partial charge in [-0.25, -0.2) is 4.79 Å². The number of carbonyl (C=O) groups is 1. The van der Waals surface area contributed by atoms with E-state index in [4.69, 9.17) is 4.42 Å². The molecule has 1 aromatic rings. The third-order valence-electron chi connectivity index (χ3n) is 2.06. The zero-order valence-electron chi connectivity index (χ0n) is 9.72. The summed E-state index contributed by atoms with van der Waals surface area (Å²) in [4.78, 5) is 11.3. The highest BCUT2D eigenvalue weighted by molar-refractivity contribution is 5.90. The molecule has 16 heavy (non-hydrogen) atoms. The lowest BCUT2D eigenvalue weighted by atomic mass is 10.2. The normalized spacial score (nSPS) is 9.44. The van der Waals surface area contributed by atoms with Crippen molar-refractivity contribution in [2.24, 2.45) is 0 Å². The van der Waals surface area contributed by atoms with Crippen LogP contribution in [0.25, 0.3) is 0 Å². The smallest absolute Gasteiger partial charge is 0.341 e. The maximum Gasteiger partial charge on any atom is 0.341 e. The summed E-state index contributed by atoms with van der Waals surface area (Å²) in [5.74, 6) is 6.56. The highest BCUT2D eigenvalue weighted by atomic mass is 16.5. The second-order valence-corrected chi connectivity index (χ2v) is 3.20. The Morgan fingerprint density at radius 1 is 1.62 bits per heavy atom. The van der Waals surface area contributed by atoms with Crippen LogP contribution in [-0.2, 0) is 11.3 Å². The Bertz CT molecular complexity index is 423. The number of hydrogen-bond donors (Lipinski definition) is 1. The summed E-state index contributed by atoms with van der Waals surface area (Å²) < 4.78 is 10.0. The van der Waals surface area contributed by atoms with E-state index in [0.29, 0.717) is 30.2 Å². The van der Waals surface area contributed by atoms with Crippen LogP contribution < -0.4 is 5.32 Å². The SMILES string of the molecule is CC#CCNCc1cc(C(=O)OC)c(C)o1. The Balaban J connectivity index is 2.61. The molecule has 86 valence electrons. The van der Waals surface area contributed by atoms with E-state index >= 15 is 0 Å². The minimum Gasteiger partial charge on any atom is -0.465 e. The van der Waals surface area contributed by atoms with Crippen LogP contribution in [0.4, 0.5) is 0 Å². The average molecular weight is 221 g/mol. The number of furan rings is 1. The van der Waals surface area contributed by atoms with Crippen LogP contribution in [0.5, 0.6) is 0 Å². The molecule has 4 nitrogen and oxygen atoms in total. The first kappa shape index (κ1) is 12.3. The van der Waals surface area contributed by atoms with Crippen molar-refractivity contribution in [3.8, 4) is 11.8 Å². The van der Waals surface area contributed by atoms with Gasteiger partial charge in [0.05, 0.1) is 20.2 Å². The molecule has 0 aromatic carbocycles. The van der Waals surface area contributed by atoms with Gasteiger partial charge in [-0.1, -0.05) is 5.92 Å². The van der Waals surface area contributed by atoms with Crippen LogP contribution in [-0.4, -0.2) is 19.6 Å². The summed E-state index contributed by atoms with van der Waals surface area (Å²) >= 11 is 0. The summed E-state index contributed by atoms with van der Waals surface area (Å²) in [6.45, 7) is 4.67. The van der Waals surface area contributed by atoms with Crippen LogP contribution in [0, 0.1) is 18.8 Å². The van der Waals surface area contributed by atoms with Crippen molar-refractivity contribution in [1.82, 2.24) is 5.32 Å². The van der Waals surface area contributed by atoms with E-state index in [0.717, 1.165) is 0 Å². The zero-order valence-corrected chi connectivity index (χ0v) is 9.72. The lowest BCUT2D eigenvalue weighted by Gasteiger charge is -1.95. The van der Waals surface area contributed by atoms with Crippen molar-refractivity contribution in [1.29, 1.82) is 0 Å². The first-order valence-corrected chi connectivity index (χ1v) is 4.97. The van der Waals surface area contributed by atoms with Gasteiger partial charge in [0.25, 0.3) is 0 Å². The molecular formula is C12H15NO3. The van der Waals surface area contributed by atoms with E-state index in [-0.39, 0.29) is 5.97 Å². The van der Waals surface area contributed by atoms with Gasteiger partial charge in [0.1, 0.15) is 17.1 Å². The monoisotopic (exact) mass is 221 g/mol. The Labute approximate surface area is 95.0 Å². The number of methoxy groups -OCH3 is 1. The number of ether oxygens (including phenoxy) is 1. The van der Waals surface area contributed by atoms with Crippen LogP contribution in [0.1, 0.15) is 28.8 Å². The fraction of sp³-hybridized carbons (Fsp3) is 0.417. The minimum atomic E-state index is -0.374. The van der Waals surface area contributed by atoms with Crippen molar-refractivity contribution in [2.75, 3.05) is 13.7 Å². The van der Waals surface area contributed by atoms with E-state index in [9.17, 15) is 4.79 Å². The highest BCUT2D eigenvalue weighted by Gasteiger charge is 2.14. The molecule has 0 atom stereocenters. The van der Waals surface area contributed by atoms with Crippen LogP contribution in [0.15, 0.2) is 10.5 Å². The first-order chi connectivity index (χ1) is 7.69. The summed E-state index contributed by atoms with van der Waals surface area (Å²) in [5, 5.41) is 3.08. The minimum absolute atomic E-state index is 0.374. The van der Waals surface area contributed by atoms with Gasteiger partial charge in [-0.2, -0.15) is 0 Å². The summed E-state index contributed by atoms with van der Waals surface area (Å²) in [7, 11) is 1.35. The molecule has 1 heterocycles. The lowest BCUT2D eigenvalue weighted by Crippen LogP contribution is -2.12. The van der Waals surface area contributed by atoms with Gasteiger partial charge < -0.3 is 9.15 Å². The van der Waals surface area contributed by atoms with Gasteiger partial charge in [0.2, 0.25) is 0 Å². The number of carbonyl (C=O) groups excluding carboxylic acids is 1. The van der Waals surface area contributed by atoms with Gasteiger partial charge in [0, 0.05) is 0 Å². The Morgan fingerprint density at radius 3 is 3.00 bits per heavy atom. The Hall–Kier alpha value is -1.73. The molecule has 1 aromatic heterocycles. The zero-order chi connectivity index (χ0) is 12.0. The van der Waals surface area contributed by atoms with E-state index in [1.165, 1.54) is 7.11 Å². The predicted molar refractivity (Wildman–Crippen MR) is 59.9 cm³/mol. The largest absolute Gasteiger partial charge is 0.465 e. The molecule has 0 saturated heterocycles. The quantitative estimate of drug-likeness (QED) is 0.475. The van der Waals surface area contributed by atoms with E-state index < -0.39 is 0 Å². The average Bonchev–Trinajstić information content (AvgIpc) is 2.65. The summed E-state index contributed by atoms with van der Waals surface area (Å²) in [6.07, 6.45) is 0. The molecule has 0 saturated carbocycles. The number of esters is 1. The molecule has 0 aliphatic carbocycles. The third-order valence-corrected chi connectivity index (χ3v) is 2.06. The highest BCUT2D eigenvalue weighted by Crippen LogP contribution is 2.15. The number of hydrogen-bond acceptors (Lipinski definition) is 4. The maximum atomic E-state index is 11.3. The molecule has 0 spiro atoms. The van der Waals surface area contributed by atoms with Gasteiger partial charge in [-0.3, -0.25) is 5.32 Å². The van der Waals surface area contributed by atoms with Crippen molar-refractivity contribution in [2.45, 2.75) is 20.4 Å². The molecule has 4 heteroatoms. The standard InChI is InChI=1S/C12H15NO3/c1-4-5-6-13-8-10-7-11(9(2)16-10)12(14)15-3/h7,13H,6,8H2,1-3H3. The molecule has 0 bridgehead atoms. The fourth-order valence-corrected chi connectivity index (χ4v) is 1.28. The van der Waals surface area contributed by atoms with Crippen molar-refractivity contribution < 1.29 is 13.9 Å². The Kier molecular flexibility index (Phi) is 4.62. The van der Waals surface area contributed by atoms with Crippen LogP contribution in [0.3, 0.4) is 0 Å². The fourth-order valence-electron chi connectivity index (χ4n) is 1.28. The maximum absolute atomic E-state index is 11.3. The van der Waals surface area contributed by atoms with Crippen molar-refractivity contribution >= 4 is 5.97 Å². The second-order valence-electron chi connectivity index (χ2n) is 3.20. The van der Waals surface area contributed by atoms with Crippen LogP contribution in [0.2, 0.25) is 0 Å². The number of aryl methyl sites for hydroxylation is 1. The molecule has 0 aliphatic rings. The van der Waals surface area contributed by atoms with Crippen LogP contribution >= 0.6 is 0 Å². The van der Waals surface area contributed by atoms with E-state index in [1.807, 2.05) is 0 Å². The van der Waals surface area contributed by atoms with Gasteiger partial charge in [0.15, 0.2) is 0 Å². The van der Waals surface area contributed by atoms with Gasteiger partial charge in [-0.15, -0.1) is 5.92 Å². The lowest BCUT2D eigenvalue weighted by molar-refractivity contribution is 0.0599. The van der Waals surface area contributed by atoms with E-state index in [2.05, 4.69) is 21.9 Å². The molecule has 0 fully saturated rings. The van der Waals surface area contributed by atoms with Crippen molar-refractivity contribution in [3.63, 3.8) is 0 Å². The van der Waals surface area contributed by atoms with E-state index in [1.54, 1.807) is 19.9 Å². The molecule has 1 N–H and O–H groups in total.